The van der Waals surface area contributed by atoms with Crippen molar-refractivity contribution in [2.45, 2.75) is 58.3 Å². The summed E-state index contributed by atoms with van der Waals surface area (Å²) in [4.78, 5) is 0. The van der Waals surface area contributed by atoms with Gasteiger partial charge in [-0.3, -0.25) is 4.55 Å². The van der Waals surface area contributed by atoms with E-state index >= 15 is 0 Å². The minimum absolute atomic E-state index is 0. The van der Waals surface area contributed by atoms with Gasteiger partial charge in [-0.15, -0.1) is 0 Å². The van der Waals surface area contributed by atoms with Gasteiger partial charge in [0.2, 0.25) is 0 Å². The Balaban J connectivity index is 0. The molecule has 0 heterocycles. The minimum atomic E-state index is -4.32. The molecular weight excluding hydrogens is 279 g/mol. The summed E-state index contributed by atoms with van der Waals surface area (Å²) in [7, 11) is -4.32. The maximum atomic E-state index is 10.2. The quantitative estimate of drug-likeness (QED) is 0.294. The van der Waals surface area contributed by atoms with Gasteiger partial charge in [-0.1, -0.05) is 51.9 Å². The molecule has 0 aliphatic rings. The molecule has 0 saturated heterocycles. The van der Waals surface area contributed by atoms with Gasteiger partial charge in [-0.2, -0.15) is 8.42 Å². The summed E-state index contributed by atoms with van der Waals surface area (Å²) >= 11 is 0. The van der Waals surface area contributed by atoms with Gasteiger partial charge in [0.05, 0.1) is 13.2 Å². The number of hydrogen-bond acceptors (Lipinski definition) is 4. The van der Waals surface area contributed by atoms with E-state index in [0.717, 1.165) is 12.8 Å². The van der Waals surface area contributed by atoms with E-state index in [1.165, 1.54) is 38.5 Å². The second-order valence-corrected chi connectivity index (χ2v) is 5.43. The second-order valence-electron chi connectivity index (χ2n) is 4.34. The van der Waals surface area contributed by atoms with Crippen LogP contribution in [0.5, 0.6) is 0 Å². The Morgan fingerprint density at radius 1 is 0.842 bits per heavy atom. The standard InChI is InChI=1S/C12H26O5S.Na/c1-2-3-4-5-6-7-8-9-10-16-11-12-17-18(13,14)15;/h2-12H2,1H3,(H,13,14,15);/q;+1. The van der Waals surface area contributed by atoms with Crippen LogP contribution in [-0.2, 0) is 19.3 Å². The molecule has 1 N–H and O–H groups in total. The van der Waals surface area contributed by atoms with Gasteiger partial charge in [-0.25, -0.2) is 4.18 Å². The Labute approximate surface area is 139 Å². The van der Waals surface area contributed by atoms with E-state index in [0.29, 0.717) is 6.61 Å². The van der Waals surface area contributed by atoms with E-state index in [1.807, 2.05) is 0 Å². The van der Waals surface area contributed by atoms with Crippen molar-refractivity contribution in [2.75, 3.05) is 19.8 Å². The molecule has 0 aromatic rings. The molecule has 0 aromatic carbocycles. The fourth-order valence-electron chi connectivity index (χ4n) is 1.64. The summed E-state index contributed by atoms with van der Waals surface area (Å²) in [6.07, 6.45) is 9.90. The van der Waals surface area contributed by atoms with E-state index in [1.54, 1.807) is 0 Å². The molecule has 0 fully saturated rings. The Kier molecular flexibility index (Phi) is 17.7. The number of unbranched alkanes of at least 4 members (excludes halogenated alkanes) is 7. The molecule has 5 nitrogen and oxygen atoms in total. The molecule has 0 aliphatic heterocycles. The maximum absolute atomic E-state index is 10.2. The van der Waals surface area contributed by atoms with Crippen molar-refractivity contribution in [2.24, 2.45) is 0 Å². The SMILES string of the molecule is CCCCCCCCCCOCCOS(=O)(=O)O.[Na+]. The molecule has 110 valence electrons. The molecule has 0 radical (unpaired) electrons. The summed E-state index contributed by atoms with van der Waals surface area (Å²) in [6.45, 7) is 2.89. The molecule has 0 spiro atoms. The predicted octanol–water partition coefficient (Wildman–Crippen LogP) is -0.0329. The van der Waals surface area contributed by atoms with E-state index in [9.17, 15) is 8.42 Å². The third kappa shape index (κ3) is 21.3. The number of ether oxygens (including phenoxy) is 1. The molecular formula is C12H26NaO5S+. The third-order valence-corrected chi connectivity index (χ3v) is 3.07. The number of hydrogen-bond donors (Lipinski definition) is 1. The van der Waals surface area contributed by atoms with Crippen LogP contribution in [0.25, 0.3) is 0 Å². The van der Waals surface area contributed by atoms with Gasteiger partial charge in [0, 0.05) is 6.61 Å². The van der Waals surface area contributed by atoms with Crippen LogP contribution in [0.15, 0.2) is 0 Å². The summed E-state index contributed by atoms with van der Waals surface area (Å²) in [6, 6.07) is 0. The molecule has 0 saturated carbocycles. The first kappa shape index (κ1) is 22.1. The van der Waals surface area contributed by atoms with Crippen LogP contribution >= 0.6 is 0 Å². The Morgan fingerprint density at radius 2 is 1.37 bits per heavy atom. The molecule has 0 aromatic heterocycles. The molecule has 0 rings (SSSR count). The summed E-state index contributed by atoms with van der Waals surface area (Å²) in [5.41, 5.74) is 0. The first-order valence-electron chi connectivity index (χ1n) is 6.76. The smallest absolute Gasteiger partial charge is 0.379 e. The molecule has 0 unspecified atom stereocenters. The third-order valence-electron chi connectivity index (χ3n) is 2.60. The van der Waals surface area contributed by atoms with Gasteiger partial charge >= 0.3 is 40.0 Å². The monoisotopic (exact) mass is 305 g/mol. The van der Waals surface area contributed by atoms with Gasteiger partial charge < -0.3 is 4.74 Å². The first-order chi connectivity index (χ1) is 8.56. The second kappa shape index (κ2) is 15.2. The van der Waals surface area contributed by atoms with Crippen LogP contribution in [0.2, 0.25) is 0 Å². The van der Waals surface area contributed by atoms with Crippen LogP contribution in [0.4, 0.5) is 0 Å². The molecule has 0 atom stereocenters. The van der Waals surface area contributed by atoms with Crippen molar-refractivity contribution >= 4 is 10.4 Å². The Morgan fingerprint density at radius 3 is 1.89 bits per heavy atom. The molecule has 19 heavy (non-hydrogen) atoms. The summed E-state index contributed by atoms with van der Waals surface area (Å²) < 4.78 is 37.9. The number of rotatable bonds is 13. The van der Waals surface area contributed by atoms with Crippen LogP contribution in [-0.4, -0.2) is 32.8 Å². The summed E-state index contributed by atoms with van der Waals surface area (Å²) in [5, 5.41) is 0. The first-order valence-corrected chi connectivity index (χ1v) is 8.12. The zero-order valence-corrected chi connectivity index (χ0v) is 15.1. The van der Waals surface area contributed by atoms with E-state index in [2.05, 4.69) is 11.1 Å². The zero-order chi connectivity index (χ0) is 13.7. The van der Waals surface area contributed by atoms with E-state index in [4.69, 9.17) is 9.29 Å². The Hall–Kier alpha value is 0.830. The van der Waals surface area contributed by atoms with Crippen LogP contribution < -0.4 is 29.6 Å². The van der Waals surface area contributed by atoms with Crippen molar-refractivity contribution in [3.8, 4) is 0 Å². The van der Waals surface area contributed by atoms with Gasteiger partial charge in [0.25, 0.3) is 0 Å². The molecule has 0 aliphatic carbocycles. The fraction of sp³-hybridized carbons (Fsp3) is 1.00. The van der Waals surface area contributed by atoms with Crippen molar-refractivity contribution in [1.29, 1.82) is 0 Å². The van der Waals surface area contributed by atoms with Gasteiger partial charge in [0.1, 0.15) is 0 Å². The largest absolute Gasteiger partial charge is 1.00 e. The van der Waals surface area contributed by atoms with Gasteiger partial charge in [0.15, 0.2) is 0 Å². The normalized spacial score (nSPS) is 11.3. The van der Waals surface area contributed by atoms with Gasteiger partial charge in [-0.05, 0) is 6.42 Å². The average Bonchev–Trinajstić information content (AvgIpc) is 2.29. The van der Waals surface area contributed by atoms with E-state index < -0.39 is 10.4 Å². The predicted molar refractivity (Wildman–Crippen MR) is 70.9 cm³/mol. The molecule has 0 bridgehead atoms. The van der Waals surface area contributed by atoms with Crippen molar-refractivity contribution in [3.05, 3.63) is 0 Å². The van der Waals surface area contributed by atoms with Crippen LogP contribution in [0.1, 0.15) is 58.3 Å². The molecule has 0 amide bonds. The average molecular weight is 305 g/mol. The molecule has 7 heteroatoms. The van der Waals surface area contributed by atoms with Crippen LogP contribution in [0, 0.1) is 0 Å². The van der Waals surface area contributed by atoms with Crippen molar-refractivity contribution < 1.29 is 51.4 Å². The fourth-order valence-corrected chi connectivity index (χ4v) is 1.92. The van der Waals surface area contributed by atoms with Crippen molar-refractivity contribution in [1.82, 2.24) is 0 Å². The topological polar surface area (TPSA) is 72.8 Å². The Bertz CT molecular complexity index is 269. The zero-order valence-electron chi connectivity index (χ0n) is 12.3. The minimum Gasteiger partial charge on any atom is -0.379 e. The van der Waals surface area contributed by atoms with Crippen molar-refractivity contribution in [3.63, 3.8) is 0 Å². The van der Waals surface area contributed by atoms with E-state index in [-0.39, 0.29) is 42.8 Å². The summed E-state index contributed by atoms with van der Waals surface area (Å²) in [5.74, 6) is 0. The van der Waals surface area contributed by atoms with Crippen LogP contribution in [0.3, 0.4) is 0 Å². The maximum Gasteiger partial charge on any atom is 1.00 e.